The predicted octanol–water partition coefficient (Wildman–Crippen LogP) is 9.02. The Bertz CT molecular complexity index is 1360. The maximum atomic E-state index is 15.1. The molecule has 4 aromatic carbocycles. The van der Waals surface area contributed by atoms with Crippen LogP contribution >= 0.6 is 0 Å². The molecule has 0 unspecified atom stereocenters. The fourth-order valence-corrected chi connectivity index (χ4v) is 4.45. The third-order valence-corrected chi connectivity index (χ3v) is 6.69. The first-order chi connectivity index (χ1) is 17.7. The van der Waals surface area contributed by atoms with Crippen molar-refractivity contribution in [3.8, 4) is 11.8 Å². The minimum Gasteiger partial charge on any atom is -0.205 e. The van der Waals surface area contributed by atoms with Crippen molar-refractivity contribution in [1.82, 2.24) is 0 Å². The van der Waals surface area contributed by atoms with E-state index in [9.17, 15) is 0 Å². The molecule has 4 rings (SSSR count). The Kier molecular flexibility index (Phi) is 9.12. The zero-order chi connectivity index (χ0) is 25.2. The normalized spacial score (nSPS) is 11.1. The van der Waals surface area contributed by atoms with Crippen molar-refractivity contribution >= 4 is 10.8 Å². The Morgan fingerprint density at radius 1 is 0.694 bits per heavy atom. The van der Waals surface area contributed by atoms with E-state index in [1.807, 2.05) is 37.3 Å². The van der Waals surface area contributed by atoms with Gasteiger partial charge in [-0.15, -0.1) is 0 Å². The van der Waals surface area contributed by atoms with Crippen molar-refractivity contribution in [2.45, 2.75) is 58.8 Å². The van der Waals surface area contributed by atoms with Gasteiger partial charge in [-0.05, 0) is 91.3 Å². The van der Waals surface area contributed by atoms with E-state index in [-0.39, 0.29) is 5.82 Å². The summed E-state index contributed by atoms with van der Waals surface area (Å²) in [5.74, 6) is 5.94. The Hall–Kier alpha value is -3.63. The zero-order valence-corrected chi connectivity index (χ0v) is 21.5. The molecule has 0 atom stereocenters. The first kappa shape index (κ1) is 25.5. The lowest BCUT2D eigenvalue weighted by atomic mass is 10.0. The van der Waals surface area contributed by atoms with Crippen molar-refractivity contribution in [2.24, 2.45) is 0 Å². The summed E-state index contributed by atoms with van der Waals surface area (Å²) in [4.78, 5) is 0. The summed E-state index contributed by atoms with van der Waals surface area (Å²) in [6.07, 6.45) is 11.9. The van der Waals surface area contributed by atoms with Gasteiger partial charge in [0.2, 0.25) is 0 Å². The topological polar surface area (TPSA) is 0 Å². The molecule has 0 nitrogen and oxygen atoms in total. The Balaban J connectivity index is 1.38. The largest absolute Gasteiger partial charge is 0.205 e. The molecule has 4 aromatic rings. The number of fused-ring (bicyclic) bond motifs is 1. The molecule has 0 heterocycles. The van der Waals surface area contributed by atoms with Crippen LogP contribution in [0.25, 0.3) is 10.8 Å². The lowest BCUT2D eigenvalue weighted by molar-refractivity contribution is 0.636. The van der Waals surface area contributed by atoms with Gasteiger partial charge in [0.15, 0.2) is 0 Å². The van der Waals surface area contributed by atoms with Crippen LogP contribution in [0.15, 0.2) is 91.0 Å². The maximum Gasteiger partial charge on any atom is 0.146 e. The van der Waals surface area contributed by atoms with Crippen molar-refractivity contribution in [2.75, 3.05) is 0 Å². The molecule has 182 valence electrons. The molecule has 0 radical (unpaired) electrons. The van der Waals surface area contributed by atoms with Crippen molar-refractivity contribution < 1.29 is 4.39 Å². The first-order valence-corrected chi connectivity index (χ1v) is 13.2. The standard InChI is InChI=1S/C35H35F/c1-3-5-7-9-31-21-25-34-33(26-31)24-23-32(35(34)36)22-20-30-18-16-29(17-19-30)15-14-28-12-10-27(11-13-28)8-6-4-2/h3,5,10-13,16-19,21,23-26H,4,6-9,14-15H2,1-2H3/b5-3+. The molecule has 0 aliphatic heterocycles. The number of halogens is 1. The SMILES string of the molecule is C/C=C/CCc1ccc2c(F)c(C#Cc3ccc(CCc4ccc(CCCC)cc4)cc3)ccc2c1. The van der Waals surface area contributed by atoms with E-state index in [0.29, 0.717) is 10.9 Å². The van der Waals surface area contributed by atoms with Crippen molar-refractivity contribution in [3.63, 3.8) is 0 Å². The molecule has 0 fully saturated rings. The van der Waals surface area contributed by atoms with Gasteiger partial charge in [0.25, 0.3) is 0 Å². The average molecular weight is 475 g/mol. The van der Waals surface area contributed by atoms with E-state index in [4.69, 9.17) is 0 Å². The fourth-order valence-electron chi connectivity index (χ4n) is 4.45. The molecule has 36 heavy (non-hydrogen) atoms. The monoisotopic (exact) mass is 474 g/mol. The van der Waals surface area contributed by atoms with E-state index in [1.54, 1.807) is 6.07 Å². The summed E-state index contributed by atoms with van der Waals surface area (Å²) < 4.78 is 15.1. The number of hydrogen-bond donors (Lipinski definition) is 0. The van der Waals surface area contributed by atoms with Gasteiger partial charge < -0.3 is 0 Å². The number of allylic oxidation sites excluding steroid dienone is 2. The first-order valence-electron chi connectivity index (χ1n) is 13.2. The lowest BCUT2D eigenvalue weighted by Gasteiger charge is -2.05. The van der Waals surface area contributed by atoms with Crippen LogP contribution in [0.3, 0.4) is 0 Å². The zero-order valence-electron chi connectivity index (χ0n) is 21.5. The molecular weight excluding hydrogens is 439 g/mol. The quantitative estimate of drug-likeness (QED) is 0.168. The highest BCUT2D eigenvalue weighted by Crippen LogP contribution is 2.23. The summed E-state index contributed by atoms with van der Waals surface area (Å²) >= 11 is 0. The summed E-state index contributed by atoms with van der Waals surface area (Å²) in [5.41, 5.74) is 6.65. The van der Waals surface area contributed by atoms with Crippen LogP contribution in [0.2, 0.25) is 0 Å². The lowest BCUT2D eigenvalue weighted by Crippen LogP contribution is -1.93. The molecule has 0 aromatic heterocycles. The van der Waals surface area contributed by atoms with Gasteiger partial charge in [0.05, 0.1) is 5.56 Å². The second-order valence-electron chi connectivity index (χ2n) is 9.46. The van der Waals surface area contributed by atoms with Gasteiger partial charge in [-0.25, -0.2) is 4.39 Å². The van der Waals surface area contributed by atoms with E-state index in [1.165, 1.54) is 41.5 Å². The smallest absolute Gasteiger partial charge is 0.146 e. The Morgan fingerprint density at radius 3 is 2.00 bits per heavy atom. The van der Waals surface area contributed by atoms with E-state index in [2.05, 4.69) is 73.4 Å². The van der Waals surface area contributed by atoms with Crippen LogP contribution in [0.4, 0.5) is 4.39 Å². The molecule has 0 aliphatic rings. The molecule has 0 bridgehead atoms. The van der Waals surface area contributed by atoms with Gasteiger partial charge in [-0.3, -0.25) is 0 Å². The van der Waals surface area contributed by atoms with Crippen LogP contribution in [-0.4, -0.2) is 0 Å². The minimum atomic E-state index is -0.239. The maximum absolute atomic E-state index is 15.1. The van der Waals surface area contributed by atoms with Gasteiger partial charge in [-0.2, -0.15) is 0 Å². The van der Waals surface area contributed by atoms with E-state index >= 15 is 4.39 Å². The second kappa shape index (κ2) is 12.9. The molecule has 0 saturated heterocycles. The molecule has 0 amide bonds. The van der Waals surface area contributed by atoms with Gasteiger partial charge in [0.1, 0.15) is 5.82 Å². The summed E-state index contributed by atoms with van der Waals surface area (Å²) in [5, 5.41) is 1.56. The molecule has 0 saturated carbocycles. The van der Waals surface area contributed by atoms with Gasteiger partial charge in [-0.1, -0.05) is 98.0 Å². The summed E-state index contributed by atoms with van der Waals surface area (Å²) in [6, 6.07) is 27.1. The third kappa shape index (κ3) is 6.96. The number of rotatable bonds is 9. The van der Waals surface area contributed by atoms with E-state index < -0.39 is 0 Å². The Morgan fingerprint density at radius 2 is 1.33 bits per heavy atom. The van der Waals surface area contributed by atoms with Crippen molar-refractivity contribution in [1.29, 1.82) is 0 Å². The molecule has 0 aliphatic carbocycles. The molecule has 1 heteroatoms. The predicted molar refractivity (Wildman–Crippen MR) is 152 cm³/mol. The number of hydrogen-bond acceptors (Lipinski definition) is 0. The van der Waals surface area contributed by atoms with Crippen LogP contribution in [0, 0.1) is 17.7 Å². The summed E-state index contributed by atoms with van der Waals surface area (Å²) in [7, 11) is 0. The third-order valence-electron chi connectivity index (χ3n) is 6.69. The van der Waals surface area contributed by atoms with Gasteiger partial charge in [0, 0.05) is 10.9 Å². The fraction of sp³-hybridized carbons (Fsp3) is 0.257. The van der Waals surface area contributed by atoms with Crippen LogP contribution in [0.5, 0.6) is 0 Å². The van der Waals surface area contributed by atoms with E-state index in [0.717, 1.165) is 36.6 Å². The van der Waals surface area contributed by atoms with Crippen LogP contribution in [-0.2, 0) is 25.7 Å². The molecule has 0 N–H and O–H groups in total. The van der Waals surface area contributed by atoms with Crippen LogP contribution in [0.1, 0.15) is 66.5 Å². The average Bonchev–Trinajstić information content (AvgIpc) is 2.92. The number of aryl methyl sites for hydroxylation is 4. The highest BCUT2D eigenvalue weighted by Gasteiger charge is 2.06. The Labute approximate surface area is 215 Å². The number of unbranched alkanes of at least 4 members (excludes halogenated alkanes) is 1. The van der Waals surface area contributed by atoms with Crippen molar-refractivity contribution in [3.05, 3.63) is 130 Å². The second-order valence-corrected chi connectivity index (χ2v) is 9.46. The molecular formula is C35H35F. The highest BCUT2D eigenvalue weighted by atomic mass is 19.1. The van der Waals surface area contributed by atoms with Crippen LogP contribution < -0.4 is 0 Å². The van der Waals surface area contributed by atoms with Gasteiger partial charge >= 0.3 is 0 Å². The number of benzene rings is 4. The molecule has 0 spiro atoms. The summed E-state index contributed by atoms with van der Waals surface area (Å²) in [6.45, 7) is 4.26. The highest BCUT2D eigenvalue weighted by molar-refractivity contribution is 5.85. The minimum absolute atomic E-state index is 0.239.